The number of nitrogens with one attached hydrogen (secondary N) is 1. The molecule has 0 bridgehead atoms. The van der Waals surface area contributed by atoms with Gasteiger partial charge in [0.2, 0.25) is 0 Å². The molecule has 7 nitrogen and oxygen atoms in total. The Morgan fingerprint density at radius 3 is 2.70 bits per heavy atom. The summed E-state index contributed by atoms with van der Waals surface area (Å²) in [4.78, 5) is 23.9. The Balaban J connectivity index is 1.61. The van der Waals surface area contributed by atoms with Gasteiger partial charge in [-0.15, -0.1) is 0 Å². The largest absolute Gasteiger partial charge is 0.486 e. The van der Waals surface area contributed by atoms with Gasteiger partial charge in [-0.25, -0.2) is 4.79 Å². The van der Waals surface area contributed by atoms with E-state index in [1.54, 1.807) is 18.2 Å². The van der Waals surface area contributed by atoms with E-state index in [-0.39, 0.29) is 5.56 Å². The Bertz CT molecular complexity index is 709. The zero-order chi connectivity index (χ0) is 16.2. The Morgan fingerprint density at radius 1 is 1.17 bits per heavy atom. The van der Waals surface area contributed by atoms with Crippen molar-refractivity contribution in [3.05, 3.63) is 42.4 Å². The molecule has 0 saturated carbocycles. The van der Waals surface area contributed by atoms with Gasteiger partial charge in [0.15, 0.2) is 17.6 Å². The van der Waals surface area contributed by atoms with E-state index in [9.17, 15) is 9.59 Å². The van der Waals surface area contributed by atoms with Crippen molar-refractivity contribution >= 4 is 17.6 Å². The van der Waals surface area contributed by atoms with E-state index in [2.05, 4.69) is 5.32 Å². The first-order valence-electron chi connectivity index (χ1n) is 7.07. The first kappa shape index (κ1) is 15.0. The number of esters is 1. The van der Waals surface area contributed by atoms with Crippen LogP contribution in [0.15, 0.2) is 41.2 Å². The summed E-state index contributed by atoms with van der Waals surface area (Å²) < 4.78 is 20.7. The molecule has 2 aromatic rings. The lowest BCUT2D eigenvalue weighted by molar-refractivity contribution is -0.123. The van der Waals surface area contributed by atoms with E-state index in [4.69, 9.17) is 18.6 Å². The summed E-state index contributed by atoms with van der Waals surface area (Å²) in [5.74, 6) is 0.132. The first-order valence-corrected chi connectivity index (χ1v) is 7.07. The molecule has 1 aromatic carbocycles. The number of carbonyl (C=O) groups excluding carboxylic acids is 2. The average Bonchev–Trinajstić information content (AvgIpc) is 3.09. The van der Waals surface area contributed by atoms with Crippen molar-refractivity contribution in [2.45, 2.75) is 13.0 Å². The molecule has 0 unspecified atom stereocenters. The zero-order valence-corrected chi connectivity index (χ0v) is 12.4. The van der Waals surface area contributed by atoms with Gasteiger partial charge >= 0.3 is 5.97 Å². The summed E-state index contributed by atoms with van der Waals surface area (Å²) in [6.45, 7) is 2.45. The third-order valence-electron chi connectivity index (χ3n) is 3.22. The van der Waals surface area contributed by atoms with Crippen molar-refractivity contribution in [2.24, 2.45) is 0 Å². The van der Waals surface area contributed by atoms with Crippen LogP contribution in [0.4, 0.5) is 5.69 Å². The lowest BCUT2D eigenvalue weighted by Gasteiger charge is -2.19. The van der Waals surface area contributed by atoms with Crippen molar-refractivity contribution in [2.75, 3.05) is 18.5 Å². The van der Waals surface area contributed by atoms with Gasteiger partial charge in [0, 0.05) is 11.8 Å². The van der Waals surface area contributed by atoms with Crippen molar-refractivity contribution in [3.63, 3.8) is 0 Å². The fourth-order valence-corrected chi connectivity index (χ4v) is 2.03. The van der Waals surface area contributed by atoms with Gasteiger partial charge in [-0.3, -0.25) is 4.79 Å². The second-order valence-corrected chi connectivity index (χ2v) is 4.91. The highest BCUT2D eigenvalue weighted by Gasteiger charge is 2.20. The molecular formula is C16H15NO6. The van der Waals surface area contributed by atoms with Crippen LogP contribution in [0, 0.1) is 0 Å². The minimum absolute atomic E-state index is 0.254. The summed E-state index contributed by atoms with van der Waals surface area (Å²) in [6.07, 6.45) is 1.66. The van der Waals surface area contributed by atoms with Crippen LogP contribution in [0.25, 0.3) is 0 Å². The minimum Gasteiger partial charge on any atom is -0.486 e. The maximum absolute atomic E-state index is 12.1. The van der Waals surface area contributed by atoms with Crippen LogP contribution in [-0.2, 0) is 9.53 Å². The fourth-order valence-electron chi connectivity index (χ4n) is 2.03. The van der Waals surface area contributed by atoms with Gasteiger partial charge in [-0.05, 0) is 25.1 Å². The number of furan rings is 1. The average molecular weight is 317 g/mol. The number of carbonyl (C=O) groups is 2. The molecule has 1 amide bonds. The quantitative estimate of drug-likeness (QED) is 0.870. The van der Waals surface area contributed by atoms with Crippen LogP contribution >= 0.6 is 0 Å². The minimum atomic E-state index is -0.953. The predicted molar refractivity (Wildman–Crippen MR) is 79.6 cm³/mol. The van der Waals surface area contributed by atoms with Crippen LogP contribution in [0.3, 0.4) is 0 Å². The van der Waals surface area contributed by atoms with Gasteiger partial charge in [-0.2, -0.15) is 0 Å². The standard InChI is InChI=1S/C16H15NO6/c1-10(23-16(19)11-4-5-20-9-11)15(18)17-12-2-3-13-14(8-12)22-7-6-21-13/h2-5,8-10H,6-7H2,1H3,(H,17,18)/t10-/m1/s1. The molecule has 0 fully saturated rings. The summed E-state index contributed by atoms with van der Waals surface area (Å²) in [5.41, 5.74) is 0.787. The molecule has 3 rings (SSSR count). The molecule has 0 radical (unpaired) electrons. The Morgan fingerprint density at radius 2 is 1.96 bits per heavy atom. The smallest absolute Gasteiger partial charge is 0.342 e. The van der Waals surface area contributed by atoms with Crippen molar-refractivity contribution in [1.82, 2.24) is 0 Å². The summed E-state index contributed by atoms with van der Waals surface area (Å²) >= 11 is 0. The van der Waals surface area contributed by atoms with Gasteiger partial charge in [0.05, 0.1) is 11.8 Å². The Labute approximate surface area is 132 Å². The molecule has 0 aliphatic carbocycles. The van der Waals surface area contributed by atoms with Crippen LogP contribution in [0.5, 0.6) is 11.5 Å². The molecule has 120 valence electrons. The third kappa shape index (κ3) is 3.45. The number of fused-ring (bicyclic) bond motifs is 1. The van der Waals surface area contributed by atoms with Gasteiger partial charge < -0.3 is 23.9 Å². The topological polar surface area (TPSA) is 87.0 Å². The second kappa shape index (κ2) is 6.43. The number of amides is 1. The summed E-state index contributed by atoms with van der Waals surface area (Å²) in [5, 5.41) is 2.67. The van der Waals surface area contributed by atoms with E-state index in [0.29, 0.717) is 30.4 Å². The van der Waals surface area contributed by atoms with E-state index in [1.807, 2.05) is 0 Å². The van der Waals surface area contributed by atoms with Crippen LogP contribution < -0.4 is 14.8 Å². The SMILES string of the molecule is C[C@@H](OC(=O)c1ccoc1)C(=O)Nc1ccc2c(c1)OCCO2. The van der Waals surface area contributed by atoms with Crippen molar-refractivity contribution in [1.29, 1.82) is 0 Å². The van der Waals surface area contributed by atoms with Crippen LogP contribution in [0.2, 0.25) is 0 Å². The number of ether oxygens (including phenoxy) is 3. The maximum atomic E-state index is 12.1. The molecule has 23 heavy (non-hydrogen) atoms. The highest BCUT2D eigenvalue weighted by Crippen LogP contribution is 2.32. The van der Waals surface area contributed by atoms with Gasteiger partial charge in [0.25, 0.3) is 5.91 Å². The molecular weight excluding hydrogens is 302 g/mol. The van der Waals surface area contributed by atoms with Crippen LogP contribution in [-0.4, -0.2) is 31.2 Å². The number of rotatable bonds is 4. The monoisotopic (exact) mass is 317 g/mol. The van der Waals surface area contributed by atoms with E-state index in [1.165, 1.54) is 25.5 Å². The van der Waals surface area contributed by atoms with Crippen molar-refractivity contribution in [3.8, 4) is 11.5 Å². The van der Waals surface area contributed by atoms with Crippen molar-refractivity contribution < 1.29 is 28.2 Å². The molecule has 7 heteroatoms. The third-order valence-corrected chi connectivity index (χ3v) is 3.22. The lowest BCUT2D eigenvalue weighted by Crippen LogP contribution is -2.30. The number of benzene rings is 1. The van der Waals surface area contributed by atoms with E-state index in [0.717, 1.165) is 0 Å². The Hall–Kier alpha value is -2.96. The second-order valence-electron chi connectivity index (χ2n) is 4.91. The summed E-state index contributed by atoms with van der Waals surface area (Å²) in [6, 6.07) is 6.53. The molecule has 1 atom stereocenters. The molecule has 1 N–H and O–H groups in total. The van der Waals surface area contributed by atoms with Gasteiger partial charge in [-0.1, -0.05) is 0 Å². The van der Waals surface area contributed by atoms with Crippen LogP contribution in [0.1, 0.15) is 17.3 Å². The maximum Gasteiger partial charge on any atom is 0.342 e. The fraction of sp³-hybridized carbons (Fsp3) is 0.250. The molecule has 1 aromatic heterocycles. The van der Waals surface area contributed by atoms with E-state index < -0.39 is 18.0 Å². The first-order chi connectivity index (χ1) is 11.1. The predicted octanol–water partition coefficient (Wildman–Crippen LogP) is 2.23. The Kier molecular flexibility index (Phi) is 4.18. The molecule has 1 aliphatic heterocycles. The molecule has 1 aliphatic rings. The summed E-state index contributed by atoms with van der Waals surface area (Å²) in [7, 11) is 0. The number of anilines is 1. The molecule has 0 spiro atoms. The number of hydrogen-bond acceptors (Lipinski definition) is 6. The lowest BCUT2D eigenvalue weighted by atomic mass is 10.2. The number of hydrogen-bond donors (Lipinski definition) is 1. The normalized spacial score (nSPS) is 14.0. The zero-order valence-electron chi connectivity index (χ0n) is 12.4. The molecule has 2 heterocycles. The highest BCUT2D eigenvalue weighted by atomic mass is 16.6. The molecule has 0 saturated heterocycles. The van der Waals surface area contributed by atoms with E-state index >= 15 is 0 Å². The van der Waals surface area contributed by atoms with Gasteiger partial charge in [0.1, 0.15) is 19.5 Å². The highest BCUT2D eigenvalue weighted by molar-refractivity contribution is 5.97.